The van der Waals surface area contributed by atoms with E-state index in [0.29, 0.717) is 12.0 Å². The summed E-state index contributed by atoms with van der Waals surface area (Å²) in [5, 5.41) is 25.1. The highest BCUT2D eigenvalue weighted by Crippen LogP contribution is 2.42. The third kappa shape index (κ3) is 9.17. The number of carbonyl (C=O) groups excluding carboxylic acids is 1. The number of primary sulfonamides is 1. The number of rotatable bonds is 11. The minimum Gasteiger partial charge on any atom is -0.387 e. The molecular formula is C46H60N8O6S2. The van der Waals surface area contributed by atoms with Gasteiger partial charge in [0.15, 0.2) is 10.1 Å². The van der Waals surface area contributed by atoms with Crippen LogP contribution in [0, 0.1) is 11.5 Å². The minimum atomic E-state index is -4.05. The molecule has 62 heavy (non-hydrogen) atoms. The molecule has 16 heteroatoms. The number of amides is 2. The fourth-order valence-electron chi connectivity index (χ4n) is 9.63. The zero-order valence-corrected chi connectivity index (χ0v) is 38.1. The molecule has 4 aromatic rings. The zero-order valence-electron chi connectivity index (χ0n) is 36.4. The Labute approximate surface area is 366 Å². The smallest absolute Gasteiger partial charge is 0.333 e. The third-order valence-electron chi connectivity index (χ3n) is 13.6. The van der Waals surface area contributed by atoms with E-state index in [1.807, 2.05) is 15.6 Å². The molecule has 10 rings (SSSR count). The molecule has 0 saturated heterocycles. The number of nitrogens with zero attached hydrogens (tertiary/aromatic N) is 5. The van der Waals surface area contributed by atoms with E-state index >= 15 is 0 Å². The molecule has 0 radical (unpaired) electrons. The largest absolute Gasteiger partial charge is 0.387 e. The predicted octanol–water partition coefficient (Wildman–Crippen LogP) is 8.12. The summed E-state index contributed by atoms with van der Waals surface area (Å²) < 4.78 is 59.5. The van der Waals surface area contributed by atoms with Gasteiger partial charge in [-0.15, -0.1) is 5.26 Å². The number of urea groups is 1. The van der Waals surface area contributed by atoms with Crippen molar-refractivity contribution in [2.45, 2.75) is 177 Å². The van der Waals surface area contributed by atoms with Crippen molar-refractivity contribution in [3.8, 4) is 12.0 Å². The summed E-state index contributed by atoms with van der Waals surface area (Å²) in [6, 6.07) is 7.80. The maximum atomic E-state index is 13.0. The van der Waals surface area contributed by atoms with Crippen molar-refractivity contribution in [1.29, 1.82) is 5.26 Å². The molecule has 2 fully saturated rings. The summed E-state index contributed by atoms with van der Waals surface area (Å²) in [6.45, 7) is 8.29. The van der Waals surface area contributed by atoms with Gasteiger partial charge >= 0.3 is 6.03 Å². The Morgan fingerprint density at radius 1 is 0.726 bits per heavy atom. The lowest BCUT2D eigenvalue weighted by Gasteiger charge is -2.16. The molecule has 2 aromatic carbocycles. The standard InChI is InChI=1S/C23H30N4O3S.C13H13NO.C10H17N3O2S/c1-3-14(2)20-13-21(25-27(20)17-10-11-17)31(29,30)26-23(28)24-22-18-8-4-6-15(18)12-16-7-5-9-19(16)22;14-8-15-13-11-5-1-3-9(11)7-10-4-2-6-12(10)13;1-3-7(2)9-6-10(16(11,14)15)12-13(9)8-4-5-8/h12-14,17H,3-11H2,1-2H3,(H2,24,26,28);7H,1-6H2;6-8H,3-5H2,1-2H3,(H2,11,14,15). The highest BCUT2D eigenvalue weighted by atomic mass is 32.2. The number of anilines is 1. The van der Waals surface area contributed by atoms with Crippen LogP contribution < -0.4 is 19.9 Å². The molecule has 332 valence electrons. The third-order valence-corrected chi connectivity index (χ3v) is 15.6. The SMILES string of the molecule is CCC(C)c1cc(S(=O)(=O)NC(=O)Nc2c3c(cc4c2CCC4)CCC3)nn1C1CC1.CCC(C)c1cc(S(N)(=O)=O)nn1C1CC1.N#COc1c2c(cc3c1CCC3)CCC2. The molecule has 2 saturated carbocycles. The first-order chi connectivity index (χ1) is 29.7. The normalized spacial score (nSPS) is 18.2. The number of nitrogens with two attached hydrogens (primary N) is 1. The summed E-state index contributed by atoms with van der Waals surface area (Å²) in [5.74, 6) is 1.42. The topological polar surface area (TPSA) is 204 Å². The number of nitrogens with one attached hydrogen (secondary N) is 2. The van der Waals surface area contributed by atoms with Crippen LogP contribution in [0.2, 0.25) is 0 Å². The summed E-state index contributed by atoms with van der Waals surface area (Å²) in [7, 11) is -7.73. The van der Waals surface area contributed by atoms with E-state index in [-0.39, 0.29) is 22.0 Å². The van der Waals surface area contributed by atoms with Crippen molar-refractivity contribution in [2.24, 2.45) is 5.14 Å². The van der Waals surface area contributed by atoms with Gasteiger partial charge in [-0.05, 0) is 172 Å². The van der Waals surface area contributed by atoms with Crippen molar-refractivity contribution >= 4 is 31.8 Å². The molecule has 6 aliphatic carbocycles. The summed E-state index contributed by atoms with van der Waals surface area (Å²) >= 11 is 0. The van der Waals surface area contributed by atoms with E-state index in [1.54, 1.807) is 12.1 Å². The molecule has 14 nitrogen and oxygen atoms in total. The first-order valence-corrected chi connectivity index (χ1v) is 25.7. The van der Waals surface area contributed by atoms with Crippen LogP contribution in [-0.4, -0.2) is 42.4 Å². The highest BCUT2D eigenvalue weighted by molar-refractivity contribution is 7.90. The van der Waals surface area contributed by atoms with Gasteiger partial charge in [0.1, 0.15) is 5.75 Å². The van der Waals surface area contributed by atoms with Gasteiger partial charge in [0.25, 0.3) is 26.3 Å². The Morgan fingerprint density at radius 2 is 1.15 bits per heavy atom. The molecule has 2 heterocycles. The molecule has 0 bridgehead atoms. The van der Waals surface area contributed by atoms with Gasteiger partial charge in [0.2, 0.25) is 0 Å². The number of nitriles is 1. The number of aryl methyl sites for hydroxylation is 4. The molecule has 0 aliphatic heterocycles. The van der Waals surface area contributed by atoms with Crippen molar-refractivity contribution in [2.75, 3.05) is 5.32 Å². The molecular weight excluding hydrogens is 825 g/mol. The molecule has 6 aliphatic rings. The van der Waals surface area contributed by atoms with Gasteiger partial charge in [-0.25, -0.2) is 23.1 Å². The van der Waals surface area contributed by atoms with E-state index in [9.17, 15) is 21.6 Å². The Balaban J connectivity index is 0.000000143. The Hall–Kier alpha value is -4.72. The van der Waals surface area contributed by atoms with Gasteiger partial charge in [-0.1, -0.05) is 39.8 Å². The first kappa shape index (κ1) is 43.9. The molecule has 2 amide bonds. The molecule has 2 atom stereocenters. The predicted molar refractivity (Wildman–Crippen MR) is 236 cm³/mol. The lowest BCUT2D eigenvalue weighted by Crippen LogP contribution is -2.35. The second-order valence-electron chi connectivity index (χ2n) is 18.0. The van der Waals surface area contributed by atoms with Crippen molar-refractivity contribution in [3.63, 3.8) is 0 Å². The molecule has 2 unspecified atom stereocenters. The van der Waals surface area contributed by atoms with Crippen molar-refractivity contribution in [3.05, 3.63) is 80.2 Å². The summed E-state index contributed by atoms with van der Waals surface area (Å²) in [6.07, 6.45) is 20.8. The fourth-order valence-corrected chi connectivity index (χ4v) is 11.0. The van der Waals surface area contributed by atoms with Crippen LogP contribution in [0.4, 0.5) is 10.5 Å². The lowest BCUT2D eigenvalue weighted by molar-refractivity contribution is 0.256. The second kappa shape index (κ2) is 17.8. The number of aromatic nitrogens is 4. The van der Waals surface area contributed by atoms with Crippen LogP contribution >= 0.6 is 0 Å². The van der Waals surface area contributed by atoms with Crippen molar-refractivity contribution < 1.29 is 26.4 Å². The average Bonchev–Trinajstić information content (AvgIpc) is 3.74. The summed E-state index contributed by atoms with van der Waals surface area (Å²) in [4.78, 5) is 12.8. The second-order valence-corrected chi connectivity index (χ2v) is 21.1. The van der Waals surface area contributed by atoms with E-state index in [0.717, 1.165) is 126 Å². The van der Waals surface area contributed by atoms with E-state index in [2.05, 4.69) is 60.1 Å². The Morgan fingerprint density at radius 3 is 1.56 bits per heavy atom. The number of fused-ring (bicyclic) bond motifs is 4. The molecule has 0 spiro atoms. The Kier molecular flexibility index (Phi) is 12.6. The van der Waals surface area contributed by atoms with Crippen LogP contribution in [0.1, 0.15) is 172 Å². The fraction of sp³-hybridized carbons (Fsp3) is 0.565. The van der Waals surface area contributed by atoms with Crippen LogP contribution in [0.15, 0.2) is 34.3 Å². The zero-order chi connectivity index (χ0) is 43.9. The number of carbonyl (C=O) groups is 1. The van der Waals surface area contributed by atoms with Crippen LogP contribution in [0.5, 0.6) is 5.75 Å². The number of ether oxygens (including phenoxy) is 1. The Bertz CT molecular complexity index is 2570. The monoisotopic (exact) mass is 884 g/mol. The van der Waals surface area contributed by atoms with Gasteiger partial charge in [-0.2, -0.15) is 18.6 Å². The highest BCUT2D eigenvalue weighted by Gasteiger charge is 2.34. The van der Waals surface area contributed by atoms with Crippen LogP contribution in [0.3, 0.4) is 0 Å². The van der Waals surface area contributed by atoms with Gasteiger partial charge < -0.3 is 10.1 Å². The van der Waals surface area contributed by atoms with Crippen LogP contribution in [-0.2, 0) is 71.4 Å². The first-order valence-electron chi connectivity index (χ1n) is 22.6. The molecule has 4 N–H and O–H groups in total. The van der Waals surface area contributed by atoms with Gasteiger partial charge in [0.05, 0.1) is 12.1 Å². The van der Waals surface area contributed by atoms with Crippen molar-refractivity contribution in [1.82, 2.24) is 24.3 Å². The molecule has 2 aromatic heterocycles. The van der Waals surface area contributed by atoms with E-state index in [1.165, 1.54) is 57.3 Å². The minimum absolute atomic E-state index is 0.00491. The average molecular weight is 885 g/mol. The van der Waals surface area contributed by atoms with Crippen LogP contribution in [0.25, 0.3) is 0 Å². The van der Waals surface area contributed by atoms with Gasteiger partial charge in [-0.3, -0.25) is 9.36 Å². The summed E-state index contributed by atoms with van der Waals surface area (Å²) in [5.41, 5.74) is 13.1. The lowest BCUT2D eigenvalue weighted by atomic mass is 9.99. The van der Waals surface area contributed by atoms with Gasteiger partial charge in [0, 0.05) is 29.2 Å². The maximum Gasteiger partial charge on any atom is 0.333 e. The van der Waals surface area contributed by atoms with E-state index < -0.39 is 26.1 Å². The number of sulfonamides is 2. The number of hydrogen-bond acceptors (Lipinski definition) is 9. The number of hydrogen-bond donors (Lipinski definition) is 3. The number of benzene rings is 2. The van der Waals surface area contributed by atoms with E-state index in [4.69, 9.17) is 15.1 Å². The maximum absolute atomic E-state index is 13.0. The quantitative estimate of drug-likeness (QED) is 0.124.